The van der Waals surface area contributed by atoms with E-state index in [1.54, 1.807) is 0 Å². The van der Waals surface area contributed by atoms with Crippen LogP contribution in [0.3, 0.4) is 0 Å². The minimum atomic E-state index is -4.33. The largest absolute Gasteiger partial charge is 0.472 e. The van der Waals surface area contributed by atoms with Crippen molar-refractivity contribution in [2.24, 2.45) is 47.3 Å². The average molecular weight is 504 g/mol. The minimum Gasteiger partial charge on any atom is -0.302 e. The van der Waals surface area contributed by atoms with Gasteiger partial charge in [0.15, 0.2) is 0 Å². The van der Waals surface area contributed by atoms with Crippen LogP contribution in [0.2, 0.25) is 0 Å². The van der Waals surface area contributed by atoms with E-state index in [0.717, 1.165) is 12.8 Å². The number of nitrogens with zero attached hydrogens (tertiary/aromatic N) is 2. The van der Waals surface area contributed by atoms with Gasteiger partial charge in [0.1, 0.15) is 0 Å². The van der Waals surface area contributed by atoms with Gasteiger partial charge in [0.25, 0.3) is 0 Å². The van der Waals surface area contributed by atoms with E-state index in [4.69, 9.17) is 9.05 Å². The molecule has 2 aliphatic heterocycles. The Kier molecular flexibility index (Phi) is 5.64. The maximum Gasteiger partial charge on any atom is 0.472 e. The molecule has 8 unspecified atom stereocenters. The number of carbonyl (C=O) groups excluding carboxylic acids is 4. The number of hydrogen-bond acceptors (Lipinski definition) is 7. The van der Waals surface area contributed by atoms with Crippen LogP contribution in [-0.2, 0) is 32.8 Å². The van der Waals surface area contributed by atoms with Crippen molar-refractivity contribution < 1.29 is 37.7 Å². The van der Waals surface area contributed by atoms with Crippen molar-refractivity contribution in [1.29, 1.82) is 0 Å². The molecule has 2 heterocycles. The second kappa shape index (κ2) is 8.47. The van der Waals surface area contributed by atoms with Crippen LogP contribution in [0.1, 0.15) is 25.7 Å². The molecule has 6 rings (SSSR count). The topological polar surface area (TPSA) is 131 Å². The molecule has 4 amide bonds. The van der Waals surface area contributed by atoms with Gasteiger partial charge in [-0.3, -0.25) is 38.0 Å². The highest BCUT2D eigenvalue weighted by Gasteiger charge is 2.60. The Morgan fingerprint density at radius 1 is 0.686 bits per heavy atom. The normalized spacial score (nSPS) is 39.9. The summed E-state index contributed by atoms with van der Waals surface area (Å²) in [6, 6.07) is 0. The van der Waals surface area contributed by atoms with Crippen LogP contribution in [-0.4, -0.2) is 64.6 Å². The third-order valence-corrected chi connectivity index (χ3v) is 9.70. The van der Waals surface area contributed by atoms with Crippen molar-refractivity contribution in [3.63, 3.8) is 0 Å². The van der Waals surface area contributed by atoms with E-state index in [-0.39, 0.29) is 110 Å². The molecule has 4 bridgehead atoms. The van der Waals surface area contributed by atoms with E-state index in [1.807, 2.05) is 24.3 Å². The maximum atomic E-state index is 12.7. The van der Waals surface area contributed by atoms with E-state index in [1.165, 1.54) is 9.80 Å². The van der Waals surface area contributed by atoms with E-state index in [9.17, 15) is 28.6 Å². The number of carbonyl (C=O) groups is 4. The summed E-state index contributed by atoms with van der Waals surface area (Å²) in [4.78, 5) is 63.1. The molecule has 0 aromatic carbocycles. The summed E-state index contributed by atoms with van der Waals surface area (Å²) in [6.45, 7) is -0.00798. The number of likely N-dealkylation sites (tertiary alicyclic amines) is 2. The number of phosphoric ester groups is 1. The van der Waals surface area contributed by atoms with Crippen LogP contribution < -0.4 is 0 Å². The number of imide groups is 2. The molecule has 2 saturated carbocycles. The third kappa shape index (κ3) is 3.68. The van der Waals surface area contributed by atoms with Crippen molar-refractivity contribution in [1.82, 2.24) is 9.80 Å². The first-order chi connectivity index (χ1) is 16.8. The standard InChI is InChI=1S/C24H29N2O8P/c27-21-17-13-3-4-14(11-13)18(17)22(28)25(21)7-1-9-33-35(31,32)34-10-2-8-26-23(29)19-15-5-6-16(12-15)20(19)24(26)30/h3-6,13-20H,1-2,7-12H2,(H,31,32). The maximum absolute atomic E-state index is 12.7. The zero-order valence-corrected chi connectivity index (χ0v) is 20.1. The van der Waals surface area contributed by atoms with Gasteiger partial charge in [-0.1, -0.05) is 24.3 Å². The van der Waals surface area contributed by atoms with Gasteiger partial charge in [-0.2, -0.15) is 0 Å². The van der Waals surface area contributed by atoms with Gasteiger partial charge >= 0.3 is 7.82 Å². The predicted octanol–water partition coefficient (Wildman–Crippen LogP) is 1.51. The van der Waals surface area contributed by atoms with Crippen LogP contribution in [0.25, 0.3) is 0 Å². The molecule has 0 spiro atoms. The number of phosphoric acid groups is 1. The average Bonchev–Trinajstić information content (AvgIpc) is 3.65. The second-order valence-corrected chi connectivity index (χ2v) is 12.0. The lowest BCUT2D eigenvalue weighted by atomic mass is 9.85. The van der Waals surface area contributed by atoms with Crippen molar-refractivity contribution in [3.8, 4) is 0 Å². The molecule has 0 aromatic rings. The molecule has 4 aliphatic carbocycles. The first-order valence-electron chi connectivity index (χ1n) is 12.5. The summed E-state index contributed by atoms with van der Waals surface area (Å²) < 4.78 is 22.2. The predicted molar refractivity (Wildman–Crippen MR) is 120 cm³/mol. The quantitative estimate of drug-likeness (QED) is 0.205. The van der Waals surface area contributed by atoms with E-state index < -0.39 is 7.82 Å². The number of hydrogen-bond donors (Lipinski definition) is 1. The third-order valence-electron chi connectivity index (χ3n) is 8.68. The molecule has 10 nitrogen and oxygen atoms in total. The molecule has 6 aliphatic rings. The van der Waals surface area contributed by atoms with Crippen molar-refractivity contribution >= 4 is 31.5 Å². The molecular formula is C24H29N2O8P. The zero-order valence-electron chi connectivity index (χ0n) is 19.2. The number of allylic oxidation sites excluding steroid dienone is 4. The summed E-state index contributed by atoms with van der Waals surface area (Å²) in [5.41, 5.74) is 0. The fraction of sp³-hybridized carbons (Fsp3) is 0.667. The first-order valence-corrected chi connectivity index (χ1v) is 14.0. The van der Waals surface area contributed by atoms with Gasteiger partial charge in [0.2, 0.25) is 23.6 Å². The molecular weight excluding hydrogens is 475 g/mol. The molecule has 0 radical (unpaired) electrons. The minimum absolute atomic E-state index is 0.141. The van der Waals surface area contributed by atoms with Gasteiger partial charge in [0, 0.05) is 13.1 Å². The SMILES string of the molecule is O=C1C2C3C=CC(C3)C2C(=O)N1CCCOP(=O)(O)OCCCN1C(=O)C2C3C=CC(C3)C2C1=O. The molecule has 8 atom stereocenters. The molecule has 4 fully saturated rings. The number of fused-ring (bicyclic) bond motifs is 10. The summed E-state index contributed by atoms with van der Waals surface area (Å²) in [5.74, 6) is -1.07. The van der Waals surface area contributed by atoms with Gasteiger partial charge < -0.3 is 4.89 Å². The zero-order chi connectivity index (χ0) is 24.5. The Balaban J connectivity index is 0.908. The molecule has 1 N–H and O–H groups in total. The Bertz CT molecular complexity index is 947. The molecule has 188 valence electrons. The summed E-state index contributed by atoms with van der Waals surface area (Å²) in [6.07, 6.45) is 10.3. The highest BCUT2D eigenvalue weighted by atomic mass is 31.2. The summed E-state index contributed by atoms with van der Waals surface area (Å²) in [7, 11) is -4.33. The van der Waals surface area contributed by atoms with Crippen molar-refractivity contribution in [3.05, 3.63) is 24.3 Å². The Hall–Kier alpha value is -2.13. The Labute approximate surface area is 202 Å². The van der Waals surface area contributed by atoms with Crippen LogP contribution in [0, 0.1) is 47.3 Å². The van der Waals surface area contributed by atoms with E-state index >= 15 is 0 Å². The highest BCUT2D eigenvalue weighted by Crippen LogP contribution is 2.53. The highest BCUT2D eigenvalue weighted by molar-refractivity contribution is 7.47. The van der Waals surface area contributed by atoms with Crippen molar-refractivity contribution in [2.45, 2.75) is 25.7 Å². The fourth-order valence-corrected chi connectivity index (χ4v) is 8.01. The summed E-state index contributed by atoms with van der Waals surface area (Å²) >= 11 is 0. The fourth-order valence-electron chi connectivity index (χ4n) is 7.21. The first kappa shape index (κ1) is 23.3. The Morgan fingerprint density at radius 2 is 1.00 bits per heavy atom. The van der Waals surface area contributed by atoms with Gasteiger partial charge in [-0.05, 0) is 49.4 Å². The molecule has 0 aromatic heterocycles. The lowest BCUT2D eigenvalue weighted by Gasteiger charge is -2.18. The van der Waals surface area contributed by atoms with Gasteiger partial charge in [-0.25, -0.2) is 4.57 Å². The smallest absolute Gasteiger partial charge is 0.302 e. The molecule has 2 saturated heterocycles. The van der Waals surface area contributed by atoms with E-state index in [2.05, 4.69) is 0 Å². The monoisotopic (exact) mass is 504 g/mol. The van der Waals surface area contributed by atoms with Crippen molar-refractivity contribution in [2.75, 3.05) is 26.3 Å². The second-order valence-electron chi connectivity index (χ2n) is 10.5. The lowest BCUT2D eigenvalue weighted by Crippen LogP contribution is -2.34. The van der Waals surface area contributed by atoms with Crippen LogP contribution in [0.4, 0.5) is 0 Å². The molecule has 11 heteroatoms. The van der Waals surface area contributed by atoms with Gasteiger partial charge in [0.05, 0.1) is 36.9 Å². The van der Waals surface area contributed by atoms with Crippen LogP contribution in [0.5, 0.6) is 0 Å². The van der Waals surface area contributed by atoms with E-state index in [0.29, 0.717) is 0 Å². The Morgan fingerprint density at radius 3 is 1.31 bits per heavy atom. The van der Waals surface area contributed by atoms with Crippen LogP contribution in [0.15, 0.2) is 24.3 Å². The lowest BCUT2D eigenvalue weighted by molar-refractivity contribution is -0.142. The molecule has 35 heavy (non-hydrogen) atoms. The number of amides is 4. The number of rotatable bonds is 10. The summed E-state index contributed by atoms with van der Waals surface area (Å²) in [5, 5.41) is 0. The van der Waals surface area contributed by atoms with Crippen LogP contribution >= 0.6 is 7.82 Å². The van der Waals surface area contributed by atoms with Gasteiger partial charge in [-0.15, -0.1) is 0 Å².